The molecule has 0 aliphatic heterocycles. The Hall–Kier alpha value is -1.69. The lowest BCUT2D eigenvalue weighted by Gasteiger charge is -2.42. The highest BCUT2D eigenvalue weighted by molar-refractivity contribution is 7.65. The van der Waals surface area contributed by atoms with Crippen molar-refractivity contribution in [2.24, 2.45) is 34.8 Å². The van der Waals surface area contributed by atoms with Crippen LogP contribution in [0.15, 0.2) is 0 Å². The fraction of sp³-hybridized carbons (Fsp3) is 0.818. The van der Waals surface area contributed by atoms with Crippen molar-refractivity contribution in [2.75, 3.05) is 0 Å². The van der Waals surface area contributed by atoms with Crippen molar-refractivity contribution in [2.45, 2.75) is 103 Å². The van der Waals surface area contributed by atoms with Crippen LogP contribution in [0.1, 0.15) is 69.2 Å². The molecule has 0 saturated heterocycles. The number of hydrogen-bond donors (Lipinski definition) is 5. The molecule has 35 heavy (non-hydrogen) atoms. The summed E-state index contributed by atoms with van der Waals surface area (Å²) < 4.78 is 24.6. The molecule has 0 aliphatic rings. The minimum absolute atomic E-state index is 0.657. The third-order valence-electron chi connectivity index (χ3n) is 5.17. The van der Waals surface area contributed by atoms with Crippen LogP contribution >= 0.6 is 7.37 Å². The number of ether oxygens (including phenoxy) is 2. The van der Waals surface area contributed by atoms with Gasteiger partial charge in [-0.2, -0.15) is 0 Å². The average molecular weight is 523 g/mol. The van der Waals surface area contributed by atoms with E-state index in [9.17, 15) is 28.6 Å². The van der Waals surface area contributed by atoms with Gasteiger partial charge in [-0.1, -0.05) is 27.7 Å². The van der Waals surface area contributed by atoms with Crippen LogP contribution in [0.5, 0.6) is 0 Å². The summed E-state index contributed by atoms with van der Waals surface area (Å²) in [7, 11) is -5.97. The zero-order chi connectivity index (χ0) is 28.5. The summed E-state index contributed by atoms with van der Waals surface area (Å²) >= 11 is 0. The molecular weight excluding hydrogens is 479 g/mol. The molecule has 0 amide bonds. The maximum absolute atomic E-state index is 14.2. The number of hydrogen-bond acceptors (Lipinski definition) is 11. The molecule has 0 saturated carbocycles. The molecule has 0 aromatic rings. The summed E-state index contributed by atoms with van der Waals surface area (Å²) in [6, 6.07) is -3.10. The molecule has 0 bridgehead atoms. The van der Waals surface area contributed by atoms with Gasteiger partial charge in [0.1, 0.15) is 11.2 Å². The highest BCUT2D eigenvalue weighted by Crippen LogP contribution is 2.62. The van der Waals surface area contributed by atoms with E-state index in [4.69, 9.17) is 32.4 Å². The Labute approximate surface area is 207 Å². The third kappa shape index (κ3) is 6.75. The molecule has 0 fully saturated rings. The molecule has 4 atom stereocenters. The summed E-state index contributed by atoms with van der Waals surface area (Å²) in [5, 5.41) is -7.00. The van der Waals surface area contributed by atoms with E-state index in [0.29, 0.717) is 0 Å². The van der Waals surface area contributed by atoms with E-state index in [0.717, 1.165) is 0 Å². The lowest BCUT2D eigenvalue weighted by Crippen LogP contribution is -2.71. The van der Waals surface area contributed by atoms with Crippen molar-refractivity contribution < 1.29 is 38.1 Å². The normalized spacial score (nSPS) is 19.7. The van der Waals surface area contributed by atoms with Crippen LogP contribution in [0.25, 0.3) is 0 Å². The summed E-state index contributed by atoms with van der Waals surface area (Å²) in [6.07, 6.45) is 0. The number of Topliss-reactive ketones (excluding diaryl/α,β-unsaturated/α-hetero) is 2. The first-order chi connectivity index (χ1) is 15.3. The quantitative estimate of drug-likeness (QED) is 0.149. The monoisotopic (exact) mass is 522 g/mol. The van der Waals surface area contributed by atoms with Gasteiger partial charge < -0.3 is 37.3 Å². The van der Waals surface area contributed by atoms with Gasteiger partial charge in [-0.15, -0.1) is 0 Å². The molecule has 2 unspecified atom stereocenters. The van der Waals surface area contributed by atoms with Crippen molar-refractivity contribution in [3.63, 3.8) is 0 Å². The molecular formula is C22H43N4O8P. The number of esters is 2. The van der Waals surface area contributed by atoms with Crippen molar-refractivity contribution >= 4 is 30.9 Å². The van der Waals surface area contributed by atoms with Crippen molar-refractivity contribution in [3.05, 3.63) is 0 Å². The van der Waals surface area contributed by atoms with Crippen molar-refractivity contribution in [3.8, 4) is 0 Å². The number of nitrogens with two attached hydrogens (primary N) is 4. The van der Waals surface area contributed by atoms with Crippen LogP contribution in [-0.2, 0) is 33.2 Å². The van der Waals surface area contributed by atoms with Crippen LogP contribution in [0, 0.1) is 11.8 Å². The Morgan fingerprint density at radius 1 is 0.686 bits per heavy atom. The second kappa shape index (κ2) is 10.7. The first-order valence-corrected chi connectivity index (χ1v) is 12.9. The first kappa shape index (κ1) is 33.3. The van der Waals surface area contributed by atoms with E-state index in [-0.39, 0.29) is 0 Å². The largest absolute Gasteiger partial charge is 0.458 e. The summed E-state index contributed by atoms with van der Waals surface area (Å²) in [6.45, 7) is 14.5. The van der Waals surface area contributed by atoms with Crippen LogP contribution in [0.4, 0.5) is 0 Å². The van der Waals surface area contributed by atoms with Crippen molar-refractivity contribution in [1.29, 1.82) is 0 Å². The molecule has 0 heterocycles. The van der Waals surface area contributed by atoms with Gasteiger partial charge in [0.05, 0.1) is 12.1 Å². The van der Waals surface area contributed by atoms with Gasteiger partial charge in [-0.25, -0.2) is 9.59 Å². The second-order valence-corrected chi connectivity index (χ2v) is 13.9. The van der Waals surface area contributed by atoms with Gasteiger partial charge in [0.25, 0.3) is 17.9 Å². The standard InChI is InChI=1S/C22H43N4O8P/c1-11(2)13(23)15(27)21(25,17(29)33-19(5,6)7)35(31,32)22(26,16(28)14(24)12(3)4)18(30)34-20(8,9)10/h11-14H,23-26H2,1-10H3,(H,31,32)/t13-,14-,21?,22?/m0/s1. The average Bonchev–Trinajstić information content (AvgIpc) is 2.66. The molecule has 13 heteroatoms. The molecule has 12 nitrogen and oxygen atoms in total. The molecule has 0 rings (SSSR count). The highest BCUT2D eigenvalue weighted by atomic mass is 31.2. The summed E-state index contributed by atoms with van der Waals surface area (Å²) in [5.74, 6) is -7.54. The Balaban J connectivity index is 7.47. The van der Waals surface area contributed by atoms with Gasteiger partial charge >= 0.3 is 11.9 Å². The third-order valence-corrected chi connectivity index (χ3v) is 7.89. The summed E-state index contributed by atoms with van der Waals surface area (Å²) in [5.41, 5.74) is 21.5. The number of rotatable bonds is 10. The van der Waals surface area contributed by atoms with Crippen LogP contribution in [0.2, 0.25) is 0 Å². The second-order valence-electron chi connectivity index (χ2n) is 11.4. The van der Waals surface area contributed by atoms with Gasteiger partial charge in [0.15, 0.2) is 11.6 Å². The van der Waals surface area contributed by atoms with Crippen LogP contribution in [0.3, 0.4) is 0 Å². The predicted molar refractivity (Wildman–Crippen MR) is 131 cm³/mol. The number of carbonyl (C=O) groups excluding carboxylic acids is 4. The topological polar surface area (TPSA) is 228 Å². The summed E-state index contributed by atoms with van der Waals surface area (Å²) in [4.78, 5) is 64.8. The van der Waals surface area contributed by atoms with Gasteiger partial charge in [-0.3, -0.25) is 14.2 Å². The first-order valence-electron chi connectivity index (χ1n) is 11.3. The fourth-order valence-corrected chi connectivity index (χ4v) is 4.89. The Morgan fingerprint density at radius 2 is 0.914 bits per heavy atom. The van der Waals surface area contributed by atoms with Crippen LogP contribution < -0.4 is 22.9 Å². The zero-order valence-electron chi connectivity index (χ0n) is 22.4. The maximum Gasteiger partial charge on any atom is 0.344 e. The molecule has 0 aromatic heterocycles. The zero-order valence-corrected chi connectivity index (χ0v) is 23.3. The fourth-order valence-electron chi connectivity index (χ4n) is 2.85. The minimum Gasteiger partial charge on any atom is -0.458 e. The van der Waals surface area contributed by atoms with Gasteiger partial charge in [-0.05, 0) is 53.4 Å². The molecule has 0 aliphatic carbocycles. The van der Waals surface area contributed by atoms with E-state index in [2.05, 4.69) is 0 Å². The Kier molecular flexibility index (Phi) is 10.2. The predicted octanol–water partition coefficient (Wildman–Crippen LogP) is 0.355. The lowest BCUT2D eigenvalue weighted by molar-refractivity contribution is -0.161. The Morgan fingerprint density at radius 3 is 1.09 bits per heavy atom. The number of carbonyl (C=O) groups is 4. The number of ketones is 2. The van der Waals surface area contributed by atoms with E-state index in [1.807, 2.05) is 0 Å². The van der Waals surface area contributed by atoms with E-state index >= 15 is 0 Å². The van der Waals surface area contributed by atoms with E-state index < -0.39 is 76.6 Å². The molecule has 0 spiro atoms. The SMILES string of the molecule is CC(C)[C@H](N)C(=O)C(N)(C(=O)OC(C)(C)C)P(=O)(O)C(N)(C(=O)OC(C)(C)C)C(=O)[C@@H](N)C(C)C. The van der Waals surface area contributed by atoms with Gasteiger partial charge in [0.2, 0.25) is 0 Å². The highest BCUT2D eigenvalue weighted by Gasteiger charge is 2.73. The molecule has 0 aromatic carbocycles. The molecule has 0 radical (unpaired) electrons. The van der Waals surface area contributed by atoms with Crippen LogP contribution in [-0.4, -0.2) is 62.2 Å². The minimum atomic E-state index is -5.97. The van der Waals surface area contributed by atoms with Crippen molar-refractivity contribution in [1.82, 2.24) is 0 Å². The van der Waals surface area contributed by atoms with Gasteiger partial charge in [0, 0.05) is 0 Å². The smallest absolute Gasteiger partial charge is 0.344 e. The van der Waals surface area contributed by atoms with E-state index in [1.54, 1.807) is 0 Å². The van der Waals surface area contributed by atoms with E-state index in [1.165, 1.54) is 69.2 Å². The lowest BCUT2D eigenvalue weighted by atomic mass is 9.95. The molecule has 9 N–H and O–H groups in total. The maximum atomic E-state index is 14.2. The molecule has 204 valence electrons. The Bertz CT molecular complexity index is 825.